The second-order valence-electron chi connectivity index (χ2n) is 2.78. The van der Waals surface area contributed by atoms with Crippen LogP contribution >= 0.6 is 15.9 Å². The minimum Gasteiger partial charge on any atom is -0.484 e. The summed E-state index contributed by atoms with van der Waals surface area (Å²) < 4.78 is 11.3. The summed E-state index contributed by atoms with van der Waals surface area (Å²) in [6.07, 6.45) is 0. The minimum atomic E-state index is 0.0443. The van der Waals surface area contributed by atoms with Crippen molar-refractivity contribution in [3.05, 3.63) is 34.6 Å². The molecule has 1 heterocycles. The SMILES string of the molecule is Nc1nnc(COc2cccc(Br)c2)o1. The molecule has 0 saturated heterocycles. The van der Waals surface area contributed by atoms with E-state index in [0.717, 1.165) is 10.2 Å². The van der Waals surface area contributed by atoms with Crippen molar-refractivity contribution in [2.45, 2.75) is 6.61 Å². The van der Waals surface area contributed by atoms with Crippen LogP contribution in [0.3, 0.4) is 0 Å². The van der Waals surface area contributed by atoms with E-state index in [-0.39, 0.29) is 12.6 Å². The molecule has 0 aliphatic carbocycles. The van der Waals surface area contributed by atoms with E-state index < -0.39 is 0 Å². The van der Waals surface area contributed by atoms with Gasteiger partial charge in [-0.1, -0.05) is 27.1 Å². The third-order valence-electron chi connectivity index (χ3n) is 1.64. The summed E-state index contributed by atoms with van der Waals surface area (Å²) >= 11 is 3.34. The zero-order valence-corrected chi connectivity index (χ0v) is 9.27. The number of aromatic nitrogens is 2. The van der Waals surface area contributed by atoms with Crippen molar-refractivity contribution in [1.29, 1.82) is 0 Å². The third-order valence-corrected chi connectivity index (χ3v) is 2.13. The Morgan fingerprint density at radius 1 is 1.40 bits per heavy atom. The summed E-state index contributed by atoms with van der Waals surface area (Å²) in [6.45, 7) is 0.209. The van der Waals surface area contributed by atoms with Crippen LogP contribution in [-0.2, 0) is 6.61 Å². The van der Waals surface area contributed by atoms with E-state index in [9.17, 15) is 0 Å². The highest BCUT2D eigenvalue weighted by atomic mass is 79.9. The van der Waals surface area contributed by atoms with Gasteiger partial charge in [0.25, 0.3) is 5.89 Å². The fourth-order valence-electron chi connectivity index (χ4n) is 1.03. The molecule has 1 aromatic heterocycles. The van der Waals surface area contributed by atoms with Gasteiger partial charge in [-0.15, -0.1) is 5.10 Å². The molecule has 15 heavy (non-hydrogen) atoms. The van der Waals surface area contributed by atoms with Gasteiger partial charge in [0.15, 0.2) is 6.61 Å². The van der Waals surface area contributed by atoms with E-state index in [1.807, 2.05) is 24.3 Å². The van der Waals surface area contributed by atoms with E-state index in [0.29, 0.717) is 5.89 Å². The van der Waals surface area contributed by atoms with E-state index in [1.54, 1.807) is 0 Å². The maximum Gasteiger partial charge on any atom is 0.312 e. The lowest BCUT2D eigenvalue weighted by Gasteiger charge is -2.02. The lowest BCUT2D eigenvalue weighted by molar-refractivity contribution is 0.265. The molecule has 0 spiro atoms. The summed E-state index contributed by atoms with van der Waals surface area (Å²) in [6, 6.07) is 7.52. The Labute approximate surface area is 94.4 Å². The highest BCUT2D eigenvalue weighted by molar-refractivity contribution is 9.10. The second kappa shape index (κ2) is 4.31. The normalized spacial score (nSPS) is 10.2. The van der Waals surface area contributed by atoms with Gasteiger partial charge in [0.1, 0.15) is 5.75 Å². The molecule has 0 aliphatic heterocycles. The number of rotatable bonds is 3. The van der Waals surface area contributed by atoms with Crippen molar-refractivity contribution in [2.24, 2.45) is 0 Å². The zero-order chi connectivity index (χ0) is 10.7. The molecule has 0 atom stereocenters. The van der Waals surface area contributed by atoms with Gasteiger partial charge in [0, 0.05) is 4.47 Å². The molecular weight excluding hydrogens is 262 g/mol. The number of hydrogen-bond acceptors (Lipinski definition) is 5. The number of hydrogen-bond donors (Lipinski definition) is 1. The topological polar surface area (TPSA) is 74.2 Å². The van der Waals surface area contributed by atoms with Crippen molar-refractivity contribution in [1.82, 2.24) is 10.2 Å². The van der Waals surface area contributed by atoms with Crippen LogP contribution in [0, 0.1) is 0 Å². The predicted octanol–water partition coefficient (Wildman–Crippen LogP) is 1.99. The monoisotopic (exact) mass is 269 g/mol. The molecule has 0 amide bonds. The largest absolute Gasteiger partial charge is 0.484 e. The van der Waals surface area contributed by atoms with E-state index in [2.05, 4.69) is 26.1 Å². The first-order valence-electron chi connectivity index (χ1n) is 4.20. The molecule has 6 heteroatoms. The third kappa shape index (κ3) is 2.69. The molecule has 0 bridgehead atoms. The summed E-state index contributed by atoms with van der Waals surface area (Å²) in [5, 5.41) is 7.19. The van der Waals surface area contributed by atoms with Gasteiger partial charge in [-0.25, -0.2) is 0 Å². The van der Waals surface area contributed by atoms with Crippen LogP contribution in [0.1, 0.15) is 5.89 Å². The smallest absolute Gasteiger partial charge is 0.312 e. The Bertz CT molecular complexity index is 458. The molecule has 0 fully saturated rings. The standard InChI is InChI=1S/C9H8BrN3O2/c10-6-2-1-3-7(4-6)14-5-8-12-13-9(11)15-8/h1-4H,5H2,(H2,11,13). The number of nitrogens with two attached hydrogens (primary N) is 1. The van der Waals surface area contributed by atoms with Crippen LogP contribution < -0.4 is 10.5 Å². The quantitative estimate of drug-likeness (QED) is 0.923. The molecular formula is C9H8BrN3O2. The maximum absolute atomic E-state index is 5.40. The Hall–Kier alpha value is -1.56. The van der Waals surface area contributed by atoms with Crippen LogP contribution in [0.25, 0.3) is 0 Å². The average Bonchev–Trinajstić information content (AvgIpc) is 2.62. The van der Waals surface area contributed by atoms with E-state index >= 15 is 0 Å². The summed E-state index contributed by atoms with van der Waals surface area (Å²) in [4.78, 5) is 0. The first-order valence-corrected chi connectivity index (χ1v) is 4.99. The van der Waals surface area contributed by atoms with E-state index in [4.69, 9.17) is 14.9 Å². The lowest BCUT2D eigenvalue weighted by Crippen LogP contribution is -1.95. The molecule has 1 aromatic carbocycles. The van der Waals surface area contributed by atoms with Gasteiger partial charge in [0.05, 0.1) is 0 Å². The Morgan fingerprint density at radius 3 is 2.93 bits per heavy atom. The molecule has 0 unspecified atom stereocenters. The molecule has 0 saturated carbocycles. The van der Waals surface area contributed by atoms with Crippen molar-refractivity contribution in [3.63, 3.8) is 0 Å². The van der Waals surface area contributed by atoms with Crippen molar-refractivity contribution >= 4 is 21.9 Å². The number of nitrogen functional groups attached to an aromatic ring is 1. The predicted molar refractivity (Wildman–Crippen MR) is 57.2 cm³/mol. The van der Waals surface area contributed by atoms with Gasteiger partial charge < -0.3 is 14.9 Å². The molecule has 0 radical (unpaired) electrons. The average molecular weight is 270 g/mol. The Kier molecular flexibility index (Phi) is 2.86. The Balaban J connectivity index is 1.99. The number of nitrogens with zero attached hydrogens (tertiary/aromatic N) is 2. The first kappa shape index (κ1) is 9.97. The van der Waals surface area contributed by atoms with Crippen LogP contribution in [0.5, 0.6) is 5.75 Å². The Morgan fingerprint density at radius 2 is 2.27 bits per heavy atom. The summed E-state index contributed by atoms with van der Waals surface area (Å²) in [7, 11) is 0. The maximum atomic E-state index is 5.40. The lowest BCUT2D eigenvalue weighted by atomic mass is 10.3. The fourth-order valence-corrected chi connectivity index (χ4v) is 1.40. The first-order chi connectivity index (χ1) is 7.24. The number of benzene rings is 1. The van der Waals surface area contributed by atoms with Gasteiger partial charge >= 0.3 is 6.01 Å². The van der Waals surface area contributed by atoms with Crippen molar-refractivity contribution in [3.8, 4) is 5.75 Å². The highest BCUT2D eigenvalue weighted by Crippen LogP contribution is 2.18. The van der Waals surface area contributed by atoms with Crippen LogP contribution in [0.4, 0.5) is 6.01 Å². The van der Waals surface area contributed by atoms with Gasteiger partial charge in [-0.05, 0) is 18.2 Å². The summed E-state index contributed by atoms with van der Waals surface area (Å²) in [5.74, 6) is 1.08. The van der Waals surface area contributed by atoms with Crippen molar-refractivity contribution in [2.75, 3.05) is 5.73 Å². The number of anilines is 1. The van der Waals surface area contributed by atoms with Crippen LogP contribution in [-0.4, -0.2) is 10.2 Å². The zero-order valence-electron chi connectivity index (χ0n) is 7.68. The molecule has 2 aromatic rings. The fraction of sp³-hybridized carbons (Fsp3) is 0.111. The van der Waals surface area contributed by atoms with Crippen molar-refractivity contribution < 1.29 is 9.15 Å². The number of ether oxygens (including phenoxy) is 1. The van der Waals surface area contributed by atoms with E-state index in [1.165, 1.54) is 0 Å². The molecule has 78 valence electrons. The summed E-state index contributed by atoms with van der Waals surface area (Å²) in [5.41, 5.74) is 5.27. The second-order valence-corrected chi connectivity index (χ2v) is 3.70. The molecule has 2 rings (SSSR count). The number of halogens is 1. The highest BCUT2D eigenvalue weighted by Gasteiger charge is 2.03. The molecule has 2 N–H and O–H groups in total. The molecule has 5 nitrogen and oxygen atoms in total. The van der Waals surface area contributed by atoms with Gasteiger partial charge in [-0.2, -0.15) is 0 Å². The van der Waals surface area contributed by atoms with Crippen LogP contribution in [0.2, 0.25) is 0 Å². The molecule has 0 aliphatic rings. The van der Waals surface area contributed by atoms with Gasteiger partial charge in [0.2, 0.25) is 0 Å². The van der Waals surface area contributed by atoms with Crippen LogP contribution in [0.15, 0.2) is 33.2 Å². The van der Waals surface area contributed by atoms with Gasteiger partial charge in [-0.3, -0.25) is 0 Å². The minimum absolute atomic E-state index is 0.0443.